The van der Waals surface area contributed by atoms with Gasteiger partial charge in [0.15, 0.2) is 0 Å². The molecule has 0 aliphatic carbocycles. The lowest BCUT2D eigenvalue weighted by atomic mass is 10.0. The molecule has 0 fully saturated rings. The molecule has 1 heterocycles. The SMILES string of the molecule is C[C@H]1CN(C)C(=O)c2cc(N(C)C)ccc2O[C@H]1CN(C)C(=O)OC(C)(C)C. The van der Waals surface area contributed by atoms with Crippen molar-refractivity contribution in [2.45, 2.75) is 39.4 Å². The van der Waals surface area contributed by atoms with Crippen molar-refractivity contribution >= 4 is 17.7 Å². The van der Waals surface area contributed by atoms with Gasteiger partial charge in [-0.2, -0.15) is 0 Å². The largest absolute Gasteiger partial charge is 0.487 e. The summed E-state index contributed by atoms with van der Waals surface area (Å²) in [7, 11) is 7.36. The van der Waals surface area contributed by atoms with Gasteiger partial charge in [0.05, 0.1) is 12.1 Å². The van der Waals surface area contributed by atoms with Crippen LogP contribution in [-0.2, 0) is 4.74 Å². The molecule has 2 rings (SSSR count). The summed E-state index contributed by atoms with van der Waals surface area (Å²) in [5.41, 5.74) is 0.909. The molecule has 0 bridgehead atoms. The van der Waals surface area contributed by atoms with Crippen molar-refractivity contribution in [3.8, 4) is 5.75 Å². The van der Waals surface area contributed by atoms with Gasteiger partial charge in [-0.1, -0.05) is 6.92 Å². The van der Waals surface area contributed by atoms with Crippen molar-refractivity contribution in [1.29, 1.82) is 0 Å². The second kappa shape index (κ2) is 8.29. The first kappa shape index (κ1) is 21.9. The molecule has 0 saturated carbocycles. The number of carbonyl (C=O) groups excluding carboxylic acids is 2. The van der Waals surface area contributed by atoms with Crippen LogP contribution in [0.2, 0.25) is 0 Å². The number of rotatable bonds is 3. The highest BCUT2D eigenvalue weighted by atomic mass is 16.6. The van der Waals surface area contributed by atoms with Gasteiger partial charge in [0.25, 0.3) is 5.91 Å². The van der Waals surface area contributed by atoms with Gasteiger partial charge in [0.1, 0.15) is 17.5 Å². The summed E-state index contributed by atoms with van der Waals surface area (Å²) in [4.78, 5) is 30.4. The lowest BCUT2D eigenvalue weighted by Crippen LogP contribution is -2.47. The van der Waals surface area contributed by atoms with Gasteiger partial charge in [0.2, 0.25) is 0 Å². The molecular formula is C21H33N3O4. The van der Waals surface area contributed by atoms with Crippen molar-refractivity contribution in [2.24, 2.45) is 5.92 Å². The second-order valence-corrected chi connectivity index (χ2v) is 8.76. The molecule has 1 aromatic carbocycles. The summed E-state index contributed by atoms with van der Waals surface area (Å²) < 4.78 is 11.7. The van der Waals surface area contributed by atoms with Gasteiger partial charge in [0, 0.05) is 46.3 Å². The van der Waals surface area contributed by atoms with Crippen molar-refractivity contribution in [3.63, 3.8) is 0 Å². The van der Waals surface area contributed by atoms with Crippen molar-refractivity contribution < 1.29 is 19.1 Å². The van der Waals surface area contributed by atoms with Crippen LogP contribution in [0.3, 0.4) is 0 Å². The predicted octanol–water partition coefficient (Wildman–Crippen LogP) is 3.09. The van der Waals surface area contributed by atoms with Crippen LogP contribution < -0.4 is 9.64 Å². The Morgan fingerprint density at radius 1 is 1.29 bits per heavy atom. The third kappa shape index (κ3) is 5.30. The molecule has 7 heteroatoms. The van der Waals surface area contributed by atoms with Crippen molar-refractivity contribution in [3.05, 3.63) is 23.8 Å². The molecule has 156 valence electrons. The van der Waals surface area contributed by atoms with Gasteiger partial charge in [-0.15, -0.1) is 0 Å². The molecule has 1 aromatic rings. The highest BCUT2D eigenvalue weighted by molar-refractivity contribution is 5.98. The summed E-state index contributed by atoms with van der Waals surface area (Å²) >= 11 is 0. The van der Waals surface area contributed by atoms with Crippen LogP contribution in [0, 0.1) is 5.92 Å². The maximum atomic E-state index is 12.8. The Labute approximate surface area is 168 Å². The Morgan fingerprint density at radius 2 is 1.93 bits per heavy atom. The minimum atomic E-state index is -0.555. The smallest absolute Gasteiger partial charge is 0.410 e. The fourth-order valence-corrected chi connectivity index (χ4v) is 3.08. The van der Waals surface area contributed by atoms with E-state index in [-0.39, 0.29) is 17.9 Å². The standard InChI is InChI=1S/C21H33N3O4/c1-14-12-23(7)19(25)16-11-15(22(5)6)9-10-17(16)27-18(14)13-24(8)20(26)28-21(2,3)4/h9-11,14,18H,12-13H2,1-8H3/t14-,18-/m0/s1. The molecule has 7 nitrogen and oxygen atoms in total. The zero-order chi connectivity index (χ0) is 21.2. The topological polar surface area (TPSA) is 62.3 Å². The predicted molar refractivity (Wildman–Crippen MR) is 110 cm³/mol. The van der Waals surface area contributed by atoms with E-state index < -0.39 is 11.7 Å². The Morgan fingerprint density at radius 3 is 2.50 bits per heavy atom. The van der Waals surface area contributed by atoms with E-state index >= 15 is 0 Å². The molecule has 0 radical (unpaired) electrons. The summed E-state index contributed by atoms with van der Waals surface area (Å²) in [6.45, 7) is 8.45. The minimum Gasteiger partial charge on any atom is -0.487 e. The Bertz CT molecular complexity index is 727. The molecule has 2 atom stereocenters. The van der Waals surface area contributed by atoms with E-state index in [1.165, 1.54) is 4.90 Å². The van der Waals surface area contributed by atoms with E-state index in [0.717, 1.165) is 5.69 Å². The van der Waals surface area contributed by atoms with Crippen LogP contribution in [0.4, 0.5) is 10.5 Å². The van der Waals surface area contributed by atoms with E-state index in [4.69, 9.17) is 9.47 Å². The van der Waals surface area contributed by atoms with Crippen LogP contribution in [0.15, 0.2) is 18.2 Å². The van der Waals surface area contributed by atoms with Gasteiger partial charge in [-0.25, -0.2) is 4.79 Å². The Balaban J connectivity index is 2.28. The third-order valence-electron chi connectivity index (χ3n) is 4.69. The number of amides is 2. The second-order valence-electron chi connectivity index (χ2n) is 8.76. The van der Waals surface area contributed by atoms with E-state index in [9.17, 15) is 9.59 Å². The molecule has 0 unspecified atom stereocenters. The summed E-state index contributed by atoms with van der Waals surface area (Å²) in [5.74, 6) is 0.515. The fraction of sp³-hybridized carbons (Fsp3) is 0.619. The molecular weight excluding hydrogens is 358 g/mol. The Kier molecular flexibility index (Phi) is 6.47. The molecule has 28 heavy (non-hydrogen) atoms. The number of carbonyl (C=O) groups is 2. The lowest BCUT2D eigenvalue weighted by Gasteiger charge is -2.35. The number of hydrogen-bond acceptors (Lipinski definition) is 5. The van der Waals surface area contributed by atoms with E-state index in [1.807, 2.05) is 64.9 Å². The molecule has 2 amide bonds. The zero-order valence-electron chi connectivity index (χ0n) is 18.3. The molecule has 1 aliphatic heterocycles. The van der Waals surface area contributed by atoms with E-state index in [1.54, 1.807) is 19.0 Å². The first-order valence-electron chi connectivity index (χ1n) is 9.56. The maximum Gasteiger partial charge on any atom is 0.410 e. The first-order valence-corrected chi connectivity index (χ1v) is 9.56. The molecule has 0 saturated heterocycles. The Hall–Kier alpha value is -2.44. The van der Waals surface area contributed by atoms with Crippen LogP contribution in [0.1, 0.15) is 38.1 Å². The number of fused-ring (bicyclic) bond motifs is 1. The van der Waals surface area contributed by atoms with Gasteiger partial charge in [-0.3, -0.25) is 4.79 Å². The molecule has 0 N–H and O–H groups in total. The maximum absolute atomic E-state index is 12.8. The number of nitrogens with zero attached hydrogens (tertiary/aromatic N) is 3. The number of anilines is 1. The summed E-state index contributed by atoms with van der Waals surface area (Å²) in [6.07, 6.45) is -0.657. The normalized spacial score (nSPS) is 19.9. The average Bonchev–Trinajstić information content (AvgIpc) is 2.58. The average molecular weight is 392 g/mol. The number of likely N-dealkylation sites (N-methyl/N-ethyl adjacent to an activating group) is 1. The summed E-state index contributed by atoms with van der Waals surface area (Å²) in [5, 5.41) is 0. The van der Waals surface area contributed by atoms with Crippen molar-refractivity contribution in [2.75, 3.05) is 46.2 Å². The first-order chi connectivity index (χ1) is 12.9. The van der Waals surface area contributed by atoms with Crippen LogP contribution in [-0.4, -0.2) is 74.8 Å². The van der Waals surface area contributed by atoms with Crippen molar-refractivity contribution in [1.82, 2.24) is 9.80 Å². The van der Waals surface area contributed by atoms with Crippen LogP contribution in [0.25, 0.3) is 0 Å². The number of benzene rings is 1. The van der Waals surface area contributed by atoms with Crippen LogP contribution in [0.5, 0.6) is 5.75 Å². The zero-order valence-corrected chi connectivity index (χ0v) is 18.3. The van der Waals surface area contributed by atoms with Gasteiger partial charge in [-0.05, 0) is 39.0 Å². The highest BCUT2D eigenvalue weighted by Gasteiger charge is 2.31. The van der Waals surface area contributed by atoms with Gasteiger partial charge < -0.3 is 24.2 Å². The summed E-state index contributed by atoms with van der Waals surface area (Å²) in [6, 6.07) is 5.60. The fourth-order valence-electron chi connectivity index (χ4n) is 3.08. The lowest BCUT2D eigenvalue weighted by molar-refractivity contribution is 0.0150. The van der Waals surface area contributed by atoms with E-state index in [0.29, 0.717) is 24.4 Å². The monoisotopic (exact) mass is 391 g/mol. The molecule has 0 spiro atoms. The van der Waals surface area contributed by atoms with Crippen LogP contribution >= 0.6 is 0 Å². The minimum absolute atomic E-state index is 0.0421. The molecule has 1 aliphatic rings. The quantitative estimate of drug-likeness (QED) is 0.792. The van der Waals surface area contributed by atoms with E-state index in [2.05, 4.69) is 0 Å². The molecule has 0 aromatic heterocycles. The highest BCUT2D eigenvalue weighted by Crippen LogP contribution is 2.30. The van der Waals surface area contributed by atoms with Gasteiger partial charge >= 0.3 is 6.09 Å². The number of ether oxygens (including phenoxy) is 2. The number of hydrogen-bond donors (Lipinski definition) is 0. The third-order valence-corrected chi connectivity index (χ3v) is 4.69.